The first-order valence-corrected chi connectivity index (χ1v) is 10.3. The molecule has 150 valence electrons. The number of hydrogen-bond acceptors (Lipinski definition) is 8. The monoisotopic (exact) mass is 449 g/mol. The van der Waals surface area contributed by atoms with Gasteiger partial charge in [-0.15, -0.1) is 11.3 Å². The lowest BCUT2D eigenvalue weighted by Crippen LogP contribution is -2.33. The molecule has 11 heteroatoms. The molecule has 2 aromatic rings. The molecule has 0 unspecified atom stereocenters. The van der Waals surface area contributed by atoms with Gasteiger partial charge in [-0.3, -0.25) is 24.2 Å². The van der Waals surface area contributed by atoms with Gasteiger partial charge in [0.05, 0.1) is 23.4 Å². The molecular formula is C18H15N3O5S3. The fourth-order valence-electron chi connectivity index (χ4n) is 2.51. The molecule has 0 atom stereocenters. The zero-order chi connectivity index (χ0) is 21.1. The van der Waals surface area contributed by atoms with Crippen molar-refractivity contribution in [2.24, 2.45) is 0 Å². The van der Waals surface area contributed by atoms with Crippen molar-refractivity contribution in [3.63, 3.8) is 0 Å². The zero-order valence-electron chi connectivity index (χ0n) is 15.3. The first-order valence-electron chi connectivity index (χ1n) is 8.17. The number of carboxylic acids is 1. The quantitative estimate of drug-likeness (QED) is 0.530. The molecule has 1 aliphatic rings. The number of aromatic nitrogens is 1. The average molecular weight is 450 g/mol. The van der Waals surface area contributed by atoms with Crippen LogP contribution in [0.2, 0.25) is 0 Å². The largest absolute Gasteiger partial charge is 0.497 e. The predicted molar refractivity (Wildman–Crippen MR) is 115 cm³/mol. The van der Waals surface area contributed by atoms with E-state index in [0.717, 1.165) is 16.7 Å². The molecule has 1 fully saturated rings. The number of amides is 2. The lowest BCUT2D eigenvalue weighted by atomic mass is 10.3. The summed E-state index contributed by atoms with van der Waals surface area (Å²) in [5.74, 6) is -1.17. The lowest BCUT2D eigenvalue weighted by Gasteiger charge is -2.18. The van der Waals surface area contributed by atoms with Crippen molar-refractivity contribution < 1.29 is 24.2 Å². The molecule has 29 heavy (non-hydrogen) atoms. The normalized spacial score (nSPS) is 15.1. The van der Waals surface area contributed by atoms with E-state index in [4.69, 9.17) is 22.1 Å². The number of methoxy groups -OCH3 is 1. The van der Waals surface area contributed by atoms with E-state index in [2.05, 4.69) is 4.98 Å². The number of aliphatic carboxylic acids is 1. The number of thiocarbonyl (C=S) groups is 1. The molecule has 0 spiro atoms. The van der Waals surface area contributed by atoms with Crippen molar-refractivity contribution in [3.8, 4) is 5.75 Å². The second-order valence-corrected chi connectivity index (χ2v) is 8.28. The molecular weight excluding hydrogens is 434 g/mol. The molecule has 1 N–H and O–H groups in total. The van der Waals surface area contributed by atoms with Crippen LogP contribution in [0.15, 0.2) is 34.6 Å². The molecule has 2 amide bonds. The third-order valence-corrected chi connectivity index (χ3v) is 6.01. The maximum atomic E-state index is 12.4. The summed E-state index contributed by atoms with van der Waals surface area (Å²) in [6, 6.07) is 6.98. The van der Waals surface area contributed by atoms with Gasteiger partial charge in [0.15, 0.2) is 5.13 Å². The van der Waals surface area contributed by atoms with Crippen molar-refractivity contribution >= 4 is 74.3 Å². The number of hydrogen-bond donors (Lipinski definition) is 1. The summed E-state index contributed by atoms with van der Waals surface area (Å²) in [6.07, 6.45) is 1.54. The van der Waals surface area contributed by atoms with E-state index in [-0.39, 0.29) is 15.1 Å². The fraction of sp³-hybridized carbons (Fsp3) is 0.167. The molecule has 0 saturated carbocycles. The van der Waals surface area contributed by atoms with E-state index in [1.165, 1.54) is 29.2 Å². The highest BCUT2D eigenvalue weighted by atomic mass is 32.2. The van der Waals surface area contributed by atoms with Crippen LogP contribution in [0.25, 0.3) is 6.08 Å². The summed E-state index contributed by atoms with van der Waals surface area (Å²) in [5, 5.41) is 11.1. The Morgan fingerprint density at radius 2 is 2.03 bits per heavy atom. The Morgan fingerprint density at radius 1 is 1.34 bits per heavy atom. The number of nitrogens with zero attached hydrogens (tertiary/aromatic N) is 3. The third kappa shape index (κ3) is 4.63. The zero-order valence-corrected chi connectivity index (χ0v) is 17.8. The summed E-state index contributed by atoms with van der Waals surface area (Å²) in [5.41, 5.74) is 1.10. The summed E-state index contributed by atoms with van der Waals surface area (Å²) >= 11 is 7.34. The third-order valence-electron chi connectivity index (χ3n) is 3.79. The van der Waals surface area contributed by atoms with Gasteiger partial charge in [-0.2, -0.15) is 0 Å². The standard InChI is InChI=1S/C18H15N3O5S3/c1-10(22)21(12-3-5-13(26-2)6-4-12)17-19-11(9-28-17)7-14-16(25)20(8-15(23)24)18(27)29-14/h3-7,9H,8H2,1-2H3,(H,23,24)/b14-7+. The second kappa shape index (κ2) is 8.72. The van der Waals surface area contributed by atoms with Crippen LogP contribution in [-0.2, 0) is 14.4 Å². The average Bonchev–Trinajstić information content (AvgIpc) is 3.22. The van der Waals surface area contributed by atoms with Crippen molar-refractivity contribution in [2.45, 2.75) is 6.92 Å². The topological polar surface area (TPSA) is 100 Å². The van der Waals surface area contributed by atoms with Crippen LogP contribution < -0.4 is 9.64 Å². The minimum Gasteiger partial charge on any atom is -0.497 e. The predicted octanol–water partition coefficient (Wildman–Crippen LogP) is 3.12. The van der Waals surface area contributed by atoms with Crippen molar-refractivity contribution in [3.05, 3.63) is 40.2 Å². The minimum atomic E-state index is -1.14. The van der Waals surface area contributed by atoms with E-state index in [9.17, 15) is 14.4 Å². The highest BCUT2D eigenvalue weighted by Gasteiger charge is 2.33. The molecule has 0 aliphatic carbocycles. The highest BCUT2D eigenvalue weighted by Crippen LogP contribution is 2.34. The van der Waals surface area contributed by atoms with Gasteiger partial charge >= 0.3 is 5.97 Å². The number of ether oxygens (including phenoxy) is 1. The van der Waals surface area contributed by atoms with Crippen molar-refractivity contribution in [1.29, 1.82) is 0 Å². The van der Waals surface area contributed by atoms with Crippen LogP contribution in [0.3, 0.4) is 0 Å². The van der Waals surface area contributed by atoms with E-state index in [0.29, 0.717) is 22.3 Å². The van der Waals surface area contributed by atoms with Crippen molar-refractivity contribution in [2.75, 3.05) is 18.6 Å². The maximum Gasteiger partial charge on any atom is 0.323 e. The number of anilines is 2. The molecule has 1 aromatic heterocycles. The Kier molecular flexibility index (Phi) is 6.30. The number of rotatable bonds is 6. The summed E-state index contributed by atoms with van der Waals surface area (Å²) < 4.78 is 5.32. The van der Waals surface area contributed by atoms with Crippen LogP contribution >= 0.6 is 35.3 Å². The van der Waals surface area contributed by atoms with Crippen LogP contribution in [0.1, 0.15) is 12.6 Å². The number of benzene rings is 1. The van der Waals surface area contributed by atoms with Crippen LogP contribution in [-0.4, -0.2) is 50.7 Å². The van der Waals surface area contributed by atoms with Crippen LogP contribution in [0.5, 0.6) is 5.75 Å². The maximum absolute atomic E-state index is 12.4. The van der Waals surface area contributed by atoms with Gasteiger partial charge in [0.2, 0.25) is 5.91 Å². The summed E-state index contributed by atoms with van der Waals surface area (Å²) in [4.78, 5) is 42.7. The number of carboxylic acid groups (broad SMARTS) is 1. The van der Waals surface area contributed by atoms with E-state index >= 15 is 0 Å². The fourth-order valence-corrected chi connectivity index (χ4v) is 4.59. The van der Waals surface area contributed by atoms with E-state index in [1.54, 1.807) is 36.8 Å². The Hall–Kier alpha value is -2.76. The molecule has 1 aromatic carbocycles. The van der Waals surface area contributed by atoms with E-state index in [1.807, 2.05) is 0 Å². The number of carbonyl (C=O) groups is 3. The lowest BCUT2D eigenvalue weighted by molar-refractivity contribution is -0.140. The molecule has 3 rings (SSSR count). The van der Waals surface area contributed by atoms with Gasteiger partial charge in [-0.25, -0.2) is 4.98 Å². The first-order chi connectivity index (χ1) is 13.8. The second-order valence-electron chi connectivity index (χ2n) is 5.77. The number of carbonyl (C=O) groups excluding carboxylic acids is 2. The molecule has 0 bridgehead atoms. The molecule has 8 nitrogen and oxygen atoms in total. The van der Waals surface area contributed by atoms with Gasteiger partial charge in [0, 0.05) is 12.3 Å². The Morgan fingerprint density at radius 3 is 2.62 bits per heavy atom. The van der Waals surface area contributed by atoms with E-state index < -0.39 is 18.4 Å². The molecule has 1 saturated heterocycles. The Balaban J connectivity index is 1.86. The van der Waals surface area contributed by atoms with Gasteiger partial charge in [0.1, 0.15) is 16.6 Å². The minimum absolute atomic E-state index is 0.183. The molecule has 2 heterocycles. The molecule has 0 radical (unpaired) electrons. The Bertz CT molecular complexity index is 1020. The van der Waals surface area contributed by atoms with Gasteiger partial charge in [0.25, 0.3) is 5.91 Å². The van der Waals surface area contributed by atoms with Crippen LogP contribution in [0.4, 0.5) is 10.8 Å². The molecule has 1 aliphatic heterocycles. The Labute approximate surface area is 179 Å². The smallest absolute Gasteiger partial charge is 0.323 e. The number of thiazole rings is 1. The van der Waals surface area contributed by atoms with Gasteiger partial charge in [-0.1, -0.05) is 24.0 Å². The SMILES string of the molecule is COc1ccc(N(C(C)=O)c2nc(/C=C3/SC(=S)N(CC(=O)O)C3=O)cs2)cc1. The number of thioether (sulfide) groups is 1. The summed E-state index contributed by atoms with van der Waals surface area (Å²) in [6.45, 7) is 0.947. The van der Waals surface area contributed by atoms with Crippen molar-refractivity contribution in [1.82, 2.24) is 9.88 Å². The first kappa shape index (κ1) is 21.0. The van der Waals surface area contributed by atoms with Crippen LogP contribution in [0, 0.1) is 0 Å². The highest BCUT2D eigenvalue weighted by molar-refractivity contribution is 8.26. The van der Waals surface area contributed by atoms with Gasteiger partial charge in [-0.05, 0) is 30.3 Å². The van der Waals surface area contributed by atoms with Gasteiger partial charge < -0.3 is 9.84 Å². The summed E-state index contributed by atoms with van der Waals surface area (Å²) in [7, 11) is 1.56.